The summed E-state index contributed by atoms with van der Waals surface area (Å²) in [6, 6.07) is 4.22. The van der Waals surface area contributed by atoms with Crippen LogP contribution in [0.5, 0.6) is 5.75 Å². The van der Waals surface area contributed by atoms with Crippen LogP contribution in [0.25, 0.3) is 0 Å². The number of thiazole rings is 1. The zero-order chi connectivity index (χ0) is 17.6. The van der Waals surface area contributed by atoms with Crippen molar-refractivity contribution >= 4 is 35.3 Å². The molecule has 1 atom stereocenters. The molecule has 1 unspecified atom stereocenters. The van der Waals surface area contributed by atoms with Crippen molar-refractivity contribution in [3.05, 3.63) is 45.1 Å². The Labute approximate surface area is 169 Å². The standard InChI is InChI=1S/C18H23ClFN3OS.ClH/c1-13-18(25-12-22-13)11-23(10-14-4-5-21-9-14)6-7-24-17-3-2-15(20)8-16(17)19;/h2-3,8,12,14,21H,4-7,9-11H2,1H3;1H. The van der Waals surface area contributed by atoms with E-state index >= 15 is 0 Å². The number of benzene rings is 1. The minimum absolute atomic E-state index is 0. The van der Waals surface area contributed by atoms with Gasteiger partial charge in [-0.1, -0.05) is 11.6 Å². The van der Waals surface area contributed by atoms with Gasteiger partial charge in [0.1, 0.15) is 18.2 Å². The Balaban J connectivity index is 0.00000243. The topological polar surface area (TPSA) is 37.4 Å². The van der Waals surface area contributed by atoms with E-state index in [0.717, 1.165) is 38.4 Å². The summed E-state index contributed by atoms with van der Waals surface area (Å²) in [5.41, 5.74) is 3.00. The third kappa shape index (κ3) is 6.06. The van der Waals surface area contributed by atoms with Gasteiger partial charge < -0.3 is 10.1 Å². The maximum Gasteiger partial charge on any atom is 0.138 e. The van der Waals surface area contributed by atoms with Crippen LogP contribution in [0.15, 0.2) is 23.7 Å². The van der Waals surface area contributed by atoms with E-state index in [4.69, 9.17) is 16.3 Å². The van der Waals surface area contributed by atoms with E-state index in [1.807, 2.05) is 5.51 Å². The number of halogens is 3. The molecule has 1 aliphatic rings. The van der Waals surface area contributed by atoms with Crippen molar-refractivity contribution in [2.75, 3.05) is 32.8 Å². The van der Waals surface area contributed by atoms with Crippen LogP contribution in [0.3, 0.4) is 0 Å². The van der Waals surface area contributed by atoms with Gasteiger partial charge in [-0.3, -0.25) is 4.90 Å². The van der Waals surface area contributed by atoms with E-state index in [9.17, 15) is 4.39 Å². The maximum atomic E-state index is 13.1. The number of aryl methyl sites for hydroxylation is 1. The Morgan fingerprint density at radius 3 is 2.96 bits per heavy atom. The molecule has 144 valence electrons. The van der Waals surface area contributed by atoms with Crippen LogP contribution >= 0.6 is 35.3 Å². The fourth-order valence-electron chi connectivity index (χ4n) is 3.03. The number of hydrogen-bond acceptors (Lipinski definition) is 5. The number of rotatable bonds is 8. The van der Waals surface area contributed by atoms with Gasteiger partial charge >= 0.3 is 0 Å². The molecule has 0 bridgehead atoms. The normalized spacial score (nSPS) is 16.7. The Kier molecular flexibility index (Phi) is 8.57. The summed E-state index contributed by atoms with van der Waals surface area (Å²) in [5.74, 6) is 0.843. The zero-order valence-corrected chi connectivity index (χ0v) is 17.1. The average Bonchev–Trinajstić information content (AvgIpc) is 3.22. The molecule has 2 aromatic rings. The molecule has 1 fully saturated rings. The van der Waals surface area contributed by atoms with E-state index in [1.165, 1.54) is 23.4 Å². The molecule has 2 heterocycles. The van der Waals surface area contributed by atoms with Crippen LogP contribution in [0.4, 0.5) is 4.39 Å². The molecule has 0 aliphatic carbocycles. The largest absolute Gasteiger partial charge is 0.491 e. The van der Waals surface area contributed by atoms with E-state index < -0.39 is 0 Å². The van der Waals surface area contributed by atoms with Gasteiger partial charge in [0.2, 0.25) is 0 Å². The van der Waals surface area contributed by atoms with Crippen molar-refractivity contribution in [3.63, 3.8) is 0 Å². The van der Waals surface area contributed by atoms with Gasteiger partial charge in [0.05, 0.1) is 16.2 Å². The first-order valence-corrected chi connectivity index (χ1v) is 9.77. The summed E-state index contributed by atoms with van der Waals surface area (Å²) < 4.78 is 18.9. The summed E-state index contributed by atoms with van der Waals surface area (Å²) in [7, 11) is 0. The Bertz CT molecular complexity index is 695. The third-order valence-electron chi connectivity index (χ3n) is 4.45. The first-order valence-electron chi connectivity index (χ1n) is 8.51. The molecule has 1 aromatic heterocycles. The molecule has 26 heavy (non-hydrogen) atoms. The minimum Gasteiger partial charge on any atom is -0.491 e. The Morgan fingerprint density at radius 2 is 2.31 bits per heavy atom. The van der Waals surface area contributed by atoms with Crippen LogP contribution in [-0.4, -0.2) is 42.7 Å². The van der Waals surface area contributed by atoms with Crippen molar-refractivity contribution in [1.29, 1.82) is 0 Å². The maximum absolute atomic E-state index is 13.1. The van der Waals surface area contributed by atoms with Gasteiger partial charge in [0, 0.05) is 24.5 Å². The number of ether oxygens (including phenoxy) is 1. The van der Waals surface area contributed by atoms with Gasteiger partial charge in [-0.15, -0.1) is 23.7 Å². The number of nitrogens with zero attached hydrogens (tertiary/aromatic N) is 2. The average molecular weight is 420 g/mol. The van der Waals surface area contributed by atoms with Gasteiger partial charge in [-0.05, 0) is 50.6 Å². The molecular formula is C18H24Cl2FN3OS. The Morgan fingerprint density at radius 1 is 1.46 bits per heavy atom. The zero-order valence-electron chi connectivity index (χ0n) is 14.7. The first kappa shape index (κ1) is 21.4. The van der Waals surface area contributed by atoms with E-state index in [-0.39, 0.29) is 18.2 Å². The molecule has 1 saturated heterocycles. The second kappa shape index (κ2) is 10.4. The molecule has 0 amide bonds. The molecular weight excluding hydrogens is 396 g/mol. The Hall–Kier alpha value is -0.920. The van der Waals surface area contributed by atoms with Crippen molar-refractivity contribution in [1.82, 2.24) is 15.2 Å². The first-order chi connectivity index (χ1) is 12.1. The predicted molar refractivity (Wildman–Crippen MR) is 107 cm³/mol. The lowest BCUT2D eigenvalue weighted by molar-refractivity contribution is 0.183. The highest BCUT2D eigenvalue weighted by Gasteiger charge is 2.19. The van der Waals surface area contributed by atoms with Crippen molar-refractivity contribution < 1.29 is 9.13 Å². The highest BCUT2D eigenvalue weighted by molar-refractivity contribution is 7.09. The summed E-state index contributed by atoms with van der Waals surface area (Å²) >= 11 is 7.72. The molecule has 1 aromatic carbocycles. The lowest BCUT2D eigenvalue weighted by atomic mass is 10.1. The van der Waals surface area contributed by atoms with Crippen LogP contribution in [0, 0.1) is 18.7 Å². The van der Waals surface area contributed by atoms with Gasteiger partial charge in [0.25, 0.3) is 0 Å². The van der Waals surface area contributed by atoms with E-state index in [2.05, 4.69) is 22.1 Å². The number of aromatic nitrogens is 1. The quantitative estimate of drug-likeness (QED) is 0.696. The molecule has 0 saturated carbocycles. The van der Waals surface area contributed by atoms with Gasteiger partial charge in [-0.25, -0.2) is 9.37 Å². The monoisotopic (exact) mass is 419 g/mol. The molecule has 0 spiro atoms. The molecule has 8 heteroatoms. The summed E-state index contributed by atoms with van der Waals surface area (Å²) in [6.45, 7) is 7.45. The molecule has 4 nitrogen and oxygen atoms in total. The summed E-state index contributed by atoms with van der Waals surface area (Å²) in [5, 5.41) is 3.73. The molecule has 1 aliphatic heterocycles. The SMILES string of the molecule is Cc1ncsc1CN(CCOc1ccc(F)cc1Cl)CC1CCNC1.Cl. The highest BCUT2D eigenvalue weighted by atomic mass is 35.5. The second-order valence-corrected chi connectivity index (χ2v) is 7.72. The number of hydrogen-bond donors (Lipinski definition) is 1. The summed E-state index contributed by atoms with van der Waals surface area (Å²) in [6.07, 6.45) is 1.21. The molecule has 3 rings (SSSR count). The lowest BCUT2D eigenvalue weighted by Crippen LogP contribution is -2.33. The van der Waals surface area contributed by atoms with Gasteiger partial charge in [0.15, 0.2) is 0 Å². The lowest BCUT2D eigenvalue weighted by Gasteiger charge is -2.25. The molecule has 1 N–H and O–H groups in total. The van der Waals surface area contributed by atoms with E-state index in [0.29, 0.717) is 23.3 Å². The molecule has 0 radical (unpaired) electrons. The third-order valence-corrected chi connectivity index (χ3v) is 5.67. The minimum atomic E-state index is -0.353. The van der Waals surface area contributed by atoms with Crippen LogP contribution in [0.1, 0.15) is 17.0 Å². The number of nitrogens with one attached hydrogen (secondary N) is 1. The van der Waals surface area contributed by atoms with E-state index in [1.54, 1.807) is 17.4 Å². The smallest absolute Gasteiger partial charge is 0.138 e. The van der Waals surface area contributed by atoms with Crippen LogP contribution < -0.4 is 10.1 Å². The highest BCUT2D eigenvalue weighted by Crippen LogP contribution is 2.25. The fraction of sp³-hybridized carbons (Fsp3) is 0.500. The van der Waals surface area contributed by atoms with Crippen molar-refractivity contribution in [2.24, 2.45) is 5.92 Å². The second-order valence-electron chi connectivity index (χ2n) is 6.38. The van der Waals surface area contributed by atoms with Crippen molar-refractivity contribution in [2.45, 2.75) is 19.9 Å². The summed E-state index contributed by atoms with van der Waals surface area (Å²) in [4.78, 5) is 8.05. The van der Waals surface area contributed by atoms with Crippen LogP contribution in [-0.2, 0) is 6.54 Å². The van der Waals surface area contributed by atoms with Crippen LogP contribution in [0.2, 0.25) is 5.02 Å². The fourth-order valence-corrected chi connectivity index (χ4v) is 4.07. The van der Waals surface area contributed by atoms with Gasteiger partial charge in [-0.2, -0.15) is 0 Å². The predicted octanol–water partition coefficient (Wildman–Crippen LogP) is 4.16. The van der Waals surface area contributed by atoms with Crippen molar-refractivity contribution in [3.8, 4) is 5.75 Å².